The first kappa shape index (κ1) is 13.3. The van der Waals surface area contributed by atoms with Crippen molar-refractivity contribution >= 4 is 22.2 Å². The predicted octanol–water partition coefficient (Wildman–Crippen LogP) is 5.58. The predicted molar refractivity (Wildman–Crippen MR) is 94.3 cm³/mol. The number of aryl methyl sites for hydroxylation is 2. The Hall–Kier alpha value is -2.39. The van der Waals surface area contributed by atoms with Gasteiger partial charge in [0.05, 0.1) is 0 Å². The van der Waals surface area contributed by atoms with Gasteiger partial charge < -0.3 is 4.98 Å². The van der Waals surface area contributed by atoms with Crippen LogP contribution in [0.2, 0.25) is 0 Å². The van der Waals surface area contributed by atoms with Crippen molar-refractivity contribution in [2.45, 2.75) is 13.8 Å². The number of benzene rings is 2. The van der Waals surface area contributed by atoms with Gasteiger partial charge in [-0.2, -0.15) is 0 Å². The van der Waals surface area contributed by atoms with E-state index >= 15 is 0 Å². The van der Waals surface area contributed by atoms with Gasteiger partial charge in [-0.05, 0) is 55.8 Å². The minimum absolute atomic E-state index is 1.07. The van der Waals surface area contributed by atoms with Crippen LogP contribution in [0.5, 0.6) is 0 Å². The van der Waals surface area contributed by atoms with Crippen molar-refractivity contribution in [1.29, 1.82) is 0 Å². The average Bonchev–Trinajstić information content (AvgIpc) is 3.15. The highest BCUT2D eigenvalue weighted by Gasteiger charge is 2.07. The van der Waals surface area contributed by atoms with E-state index in [0.717, 1.165) is 16.2 Å². The first-order valence-corrected chi connectivity index (χ1v) is 8.18. The van der Waals surface area contributed by atoms with E-state index < -0.39 is 0 Å². The van der Waals surface area contributed by atoms with Crippen LogP contribution < -0.4 is 0 Å². The molecule has 0 aliphatic heterocycles. The number of rotatable bonds is 2. The van der Waals surface area contributed by atoms with E-state index in [1.165, 1.54) is 27.6 Å². The Bertz CT molecular complexity index is 929. The van der Waals surface area contributed by atoms with E-state index in [1.54, 1.807) is 11.3 Å². The van der Waals surface area contributed by atoms with Crippen molar-refractivity contribution in [3.05, 3.63) is 65.2 Å². The molecular weight excluding hydrogens is 288 g/mol. The van der Waals surface area contributed by atoms with E-state index in [4.69, 9.17) is 0 Å². The summed E-state index contributed by atoms with van der Waals surface area (Å²) in [6.07, 6.45) is 1.85. The molecule has 0 bridgehead atoms. The molecule has 0 spiro atoms. The van der Waals surface area contributed by atoms with Gasteiger partial charge in [0.15, 0.2) is 0 Å². The topological polar surface area (TPSA) is 28.7 Å². The van der Waals surface area contributed by atoms with Crippen LogP contribution in [0.4, 0.5) is 0 Å². The van der Waals surface area contributed by atoms with E-state index in [2.05, 4.69) is 66.3 Å². The quantitative estimate of drug-likeness (QED) is 0.515. The normalized spacial score (nSPS) is 11.2. The molecule has 2 aromatic carbocycles. The second-order valence-corrected chi connectivity index (χ2v) is 6.59. The molecule has 0 unspecified atom stereocenters. The van der Waals surface area contributed by atoms with Gasteiger partial charge in [0.2, 0.25) is 0 Å². The molecule has 0 saturated heterocycles. The van der Waals surface area contributed by atoms with E-state index in [9.17, 15) is 0 Å². The van der Waals surface area contributed by atoms with Gasteiger partial charge in [-0.3, -0.25) is 0 Å². The molecule has 22 heavy (non-hydrogen) atoms. The van der Waals surface area contributed by atoms with Crippen molar-refractivity contribution in [2.24, 2.45) is 0 Å². The third kappa shape index (κ3) is 2.34. The molecular formula is C19H16N2S. The Morgan fingerprint density at radius 3 is 2.45 bits per heavy atom. The highest BCUT2D eigenvalue weighted by atomic mass is 32.1. The maximum Gasteiger partial charge on any atom is 0.123 e. The van der Waals surface area contributed by atoms with Crippen LogP contribution in [0.3, 0.4) is 0 Å². The molecule has 3 heteroatoms. The zero-order chi connectivity index (χ0) is 15.1. The molecule has 2 nitrogen and oxygen atoms in total. The number of fused-ring (bicyclic) bond motifs is 1. The summed E-state index contributed by atoms with van der Waals surface area (Å²) in [5.74, 6) is 0. The molecule has 0 atom stereocenters. The Kier molecular flexibility index (Phi) is 3.09. The summed E-state index contributed by atoms with van der Waals surface area (Å²) < 4.78 is 0. The third-order valence-electron chi connectivity index (χ3n) is 3.83. The number of hydrogen-bond donors (Lipinski definition) is 1. The number of nitrogens with zero attached hydrogens (tertiary/aromatic N) is 1. The van der Waals surface area contributed by atoms with Gasteiger partial charge >= 0.3 is 0 Å². The van der Waals surface area contributed by atoms with Crippen molar-refractivity contribution < 1.29 is 0 Å². The lowest BCUT2D eigenvalue weighted by atomic mass is 10.0. The van der Waals surface area contributed by atoms with Crippen LogP contribution in [0.25, 0.3) is 32.7 Å². The molecule has 4 aromatic rings. The van der Waals surface area contributed by atoms with Crippen LogP contribution in [0, 0.1) is 13.8 Å². The Labute approximate surface area is 133 Å². The number of thiazole rings is 1. The molecule has 1 N–H and O–H groups in total. The standard InChI is InChI=1S/C19H16N2S/c1-12-7-13(2)9-15(8-12)18-11-16-10-14(3-4-17(16)21-18)19-20-5-6-22-19/h3-11,21H,1-2H3. The second kappa shape index (κ2) is 5.11. The lowest BCUT2D eigenvalue weighted by Crippen LogP contribution is -1.82. The third-order valence-corrected chi connectivity index (χ3v) is 4.65. The first-order valence-electron chi connectivity index (χ1n) is 7.30. The maximum absolute atomic E-state index is 4.39. The van der Waals surface area contributed by atoms with E-state index in [1.807, 2.05) is 11.6 Å². The second-order valence-electron chi connectivity index (χ2n) is 5.70. The van der Waals surface area contributed by atoms with Crippen molar-refractivity contribution in [3.8, 4) is 21.8 Å². The Morgan fingerprint density at radius 1 is 0.909 bits per heavy atom. The number of nitrogens with one attached hydrogen (secondary N) is 1. The molecule has 4 rings (SSSR count). The zero-order valence-corrected chi connectivity index (χ0v) is 13.4. The van der Waals surface area contributed by atoms with Gasteiger partial charge in [-0.1, -0.05) is 17.2 Å². The maximum atomic E-state index is 4.39. The Morgan fingerprint density at radius 2 is 1.73 bits per heavy atom. The molecule has 0 aliphatic carbocycles. The fourth-order valence-corrected chi connectivity index (χ4v) is 3.55. The summed E-state index contributed by atoms with van der Waals surface area (Å²) in [6, 6.07) is 15.3. The molecule has 0 amide bonds. The fraction of sp³-hybridized carbons (Fsp3) is 0.105. The molecule has 0 aliphatic rings. The smallest absolute Gasteiger partial charge is 0.123 e. The minimum Gasteiger partial charge on any atom is -0.355 e. The molecule has 0 fully saturated rings. The molecule has 2 aromatic heterocycles. The van der Waals surface area contributed by atoms with Crippen LogP contribution in [0.1, 0.15) is 11.1 Å². The minimum atomic E-state index is 1.07. The zero-order valence-electron chi connectivity index (χ0n) is 12.6. The average molecular weight is 304 g/mol. The van der Waals surface area contributed by atoms with Crippen molar-refractivity contribution in [1.82, 2.24) is 9.97 Å². The van der Waals surface area contributed by atoms with Gasteiger partial charge in [0.25, 0.3) is 0 Å². The van der Waals surface area contributed by atoms with Gasteiger partial charge in [-0.25, -0.2) is 4.98 Å². The lowest BCUT2D eigenvalue weighted by Gasteiger charge is -2.02. The number of aromatic nitrogens is 2. The highest BCUT2D eigenvalue weighted by molar-refractivity contribution is 7.13. The number of hydrogen-bond acceptors (Lipinski definition) is 2. The summed E-state index contributed by atoms with van der Waals surface area (Å²) in [5.41, 5.74) is 7.32. The summed E-state index contributed by atoms with van der Waals surface area (Å²) in [5, 5.41) is 4.30. The van der Waals surface area contributed by atoms with Gasteiger partial charge in [0.1, 0.15) is 5.01 Å². The van der Waals surface area contributed by atoms with Crippen molar-refractivity contribution in [2.75, 3.05) is 0 Å². The van der Waals surface area contributed by atoms with Crippen molar-refractivity contribution in [3.63, 3.8) is 0 Å². The first-order chi connectivity index (χ1) is 10.7. The summed E-state index contributed by atoms with van der Waals surface area (Å²) in [6.45, 7) is 4.28. The van der Waals surface area contributed by atoms with E-state index in [0.29, 0.717) is 0 Å². The SMILES string of the molecule is Cc1cc(C)cc(-c2cc3cc(-c4nccs4)ccc3[nH]2)c1. The molecule has 2 heterocycles. The number of aromatic amines is 1. The van der Waals surface area contributed by atoms with E-state index in [-0.39, 0.29) is 0 Å². The van der Waals surface area contributed by atoms with Gasteiger partial charge in [-0.15, -0.1) is 11.3 Å². The largest absolute Gasteiger partial charge is 0.355 e. The van der Waals surface area contributed by atoms with Crippen LogP contribution in [0.15, 0.2) is 54.0 Å². The van der Waals surface area contributed by atoms with Gasteiger partial charge in [0, 0.05) is 33.7 Å². The summed E-state index contributed by atoms with van der Waals surface area (Å²) in [7, 11) is 0. The molecule has 0 radical (unpaired) electrons. The highest BCUT2D eigenvalue weighted by Crippen LogP contribution is 2.30. The van der Waals surface area contributed by atoms with Crippen LogP contribution in [-0.4, -0.2) is 9.97 Å². The Balaban J connectivity index is 1.83. The lowest BCUT2D eigenvalue weighted by molar-refractivity contribution is 1.36. The summed E-state index contributed by atoms with van der Waals surface area (Å²) >= 11 is 1.67. The monoisotopic (exact) mass is 304 g/mol. The number of H-pyrrole nitrogens is 1. The molecule has 108 valence electrons. The van der Waals surface area contributed by atoms with Crippen LogP contribution in [-0.2, 0) is 0 Å². The fourth-order valence-electron chi connectivity index (χ4n) is 2.92. The summed E-state index contributed by atoms with van der Waals surface area (Å²) in [4.78, 5) is 7.91. The molecule has 0 saturated carbocycles. The van der Waals surface area contributed by atoms with Crippen LogP contribution >= 0.6 is 11.3 Å².